The molecule has 1 fully saturated rings. The van der Waals surface area contributed by atoms with Crippen molar-refractivity contribution in [3.05, 3.63) is 95.6 Å². The second-order valence-electron chi connectivity index (χ2n) is 11.0. The second-order valence-corrected chi connectivity index (χ2v) is 11.0. The number of hydrogen-bond donors (Lipinski definition) is 0. The van der Waals surface area contributed by atoms with Crippen molar-refractivity contribution < 1.29 is 14.0 Å². The van der Waals surface area contributed by atoms with Crippen molar-refractivity contribution in [2.24, 2.45) is 0 Å². The van der Waals surface area contributed by atoms with E-state index in [9.17, 15) is 0 Å². The number of nitrogens with zero attached hydrogens (tertiary/aromatic N) is 1. The summed E-state index contributed by atoms with van der Waals surface area (Å²) in [6.07, 6.45) is 0.916. The molecule has 0 aliphatic carbocycles. The predicted molar refractivity (Wildman–Crippen MR) is 155 cm³/mol. The van der Waals surface area contributed by atoms with Crippen molar-refractivity contribution >= 4 is 23.7 Å². The Morgan fingerprint density at radius 2 is 1.30 bits per heavy atom. The van der Waals surface area contributed by atoms with Crippen molar-refractivity contribution in [2.45, 2.75) is 52.2 Å². The third kappa shape index (κ3) is 6.18. The Balaban J connectivity index is 1.69. The van der Waals surface area contributed by atoms with Gasteiger partial charge in [0.15, 0.2) is 0 Å². The van der Waals surface area contributed by atoms with E-state index in [1.165, 1.54) is 27.8 Å². The van der Waals surface area contributed by atoms with Gasteiger partial charge in [-0.1, -0.05) is 73.7 Å². The Kier molecular flexibility index (Phi) is 8.28. The summed E-state index contributed by atoms with van der Waals surface area (Å²) in [7, 11) is 3.74. The molecule has 1 aliphatic heterocycles. The second kappa shape index (κ2) is 11.3. The van der Waals surface area contributed by atoms with Crippen molar-refractivity contribution in [3.63, 3.8) is 0 Å². The van der Waals surface area contributed by atoms with Crippen LogP contribution < -0.4 is 10.2 Å². The lowest BCUT2D eigenvalue weighted by molar-refractivity contribution is 0.00578. The summed E-state index contributed by atoms with van der Waals surface area (Å²) in [5, 5.41) is 0. The fourth-order valence-corrected chi connectivity index (χ4v) is 4.53. The molecule has 5 heteroatoms. The molecule has 0 bridgehead atoms. The molecule has 0 unspecified atom stereocenters. The summed E-state index contributed by atoms with van der Waals surface area (Å²) in [4.78, 5) is 2.12. The number of likely N-dealkylation sites (N-methyl/N-ethyl adjacent to an activating group) is 1. The fraction of sp³-hybridized carbons (Fsp3) is 0.375. The molecule has 0 saturated carbocycles. The van der Waals surface area contributed by atoms with Crippen LogP contribution in [0.1, 0.15) is 57.7 Å². The molecule has 1 heterocycles. The first-order chi connectivity index (χ1) is 17.6. The van der Waals surface area contributed by atoms with Crippen LogP contribution in [0.15, 0.2) is 78.9 Å². The molecule has 0 radical (unpaired) electrons. The fourth-order valence-electron chi connectivity index (χ4n) is 4.53. The molecule has 0 atom stereocenters. The van der Waals surface area contributed by atoms with E-state index in [1.54, 1.807) is 0 Å². The Morgan fingerprint density at radius 1 is 0.757 bits per heavy atom. The predicted octanol–water partition coefficient (Wildman–Crippen LogP) is 6.30. The minimum absolute atomic E-state index is 0.361. The average Bonchev–Trinajstić information content (AvgIpc) is 3.10. The van der Waals surface area contributed by atoms with E-state index < -0.39 is 0 Å². The maximum Gasteiger partial charge on any atom is 0.494 e. The summed E-state index contributed by atoms with van der Waals surface area (Å²) in [6.45, 7) is 12.1. The topological polar surface area (TPSA) is 30.9 Å². The molecule has 1 saturated heterocycles. The molecule has 1 aliphatic rings. The van der Waals surface area contributed by atoms with Crippen LogP contribution in [0.25, 0.3) is 11.1 Å². The molecular weight excluding hydrogens is 457 g/mol. The van der Waals surface area contributed by atoms with Gasteiger partial charge in [-0.2, -0.15) is 0 Å². The van der Waals surface area contributed by atoms with E-state index in [2.05, 4.69) is 132 Å². The van der Waals surface area contributed by atoms with E-state index >= 15 is 0 Å². The highest BCUT2D eigenvalue weighted by Gasteiger charge is 2.51. The molecule has 4 nitrogen and oxygen atoms in total. The van der Waals surface area contributed by atoms with Crippen LogP contribution in [0.4, 0.5) is 0 Å². The van der Waals surface area contributed by atoms with Crippen LogP contribution in [0.5, 0.6) is 5.75 Å². The largest absolute Gasteiger partial charge is 0.494 e. The molecule has 3 aromatic rings. The van der Waals surface area contributed by atoms with Crippen molar-refractivity contribution in [2.75, 3.05) is 27.2 Å². The van der Waals surface area contributed by atoms with Crippen LogP contribution in [-0.4, -0.2) is 50.5 Å². The first kappa shape index (κ1) is 27.2. The van der Waals surface area contributed by atoms with Crippen LogP contribution in [0.3, 0.4) is 0 Å². The summed E-state index contributed by atoms with van der Waals surface area (Å²) in [5.74, 6) is 0.888. The van der Waals surface area contributed by atoms with Crippen molar-refractivity contribution in [3.8, 4) is 5.75 Å². The number of ether oxygens (including phenoxy) is 1. The molecule has 0 spiro atoms. The van der Waals surface area contributed by atoms with E-state index in [0.717, 1.165) is 24.2 Å². The Hall–Kier alpha value is -2.86. The van der Waals surface area contributed by atoms with E-state index in [0.29, 0.717) is 6.61 Å². The van der Waals surface area contributed by atoms with Gasteiger partial charge >= 0.3 is 7.12 Å². The molecule has 3 aromatic carbocycles. The maximum atomic E-state index is 6.28. The lowest BCUT2D eigenvalue weighted by Crippen LogP contribution is -2.41. The molecule has 194 valence electrons. The molecule has 0 N–H and O–H groups in total. The van der Waals surface area contributed by atoms with Gasteiger partial charge in [-0.25, -0.2) is 0 Å². The minimum atomic E-state index is -0.371. The SMILES string of the molecule is CCC(=C(c1ccc(OCCN(C)C)cc1)c1ccc(B2OC(C)(C)C(C)(C)O2)cc1)c1ccccc1. The quantitative estimate of drug-likeness (QED) is 0.257. The van der Waals surface area contributed by atoms with Gasteiger partial charge in [0.05, 0.1) is 11.2 Å². The highest BCUT2D eigenvalue weighted by atomic mass is 16.7. The standard InChI is InChI=1S/C32H40BNO3/c1-8-29(24-12-10-9-11-13-24)30(26-16-20-28(21-17-26)35-23-22-34(6)7)25-14-18-27(19-15-25)33-36-31(2,3)32(4,5)37-33/h9-21H,8,22-23H2,1-7H3. The van der Waals surface area contributed by atoms with Crippen molar-refractivity contribution in [1.29, 1.82) is 0 Å². The van der Waals surface area contributed by atoms with E-state index in [4.69, 9.17) is 14.0 Å². The molecule has 37 heavy (non-hydrogen) atoms. The Morgan fingerprint density at radius 3 is 1.81 bits per heavy atom. The summed E-state index contributed by atoms with van der Waals surface area (Å²) >= 11 is 0. The summed E-state index contributed by atoms with van der Waals surface area (Å²) < 4.78 is 18.5. The van der Waals surface area contributed by atoms with Gasteiger partial charge in [0, 0.05) is 6.54 Å². The highest BCUT2D eigenvalue weighted by Crippen LogP contribution is 2.37. The van der Waals surface area contributed by atoms with Crippen LogP contribution in [0.2, 0.25) is 0 Å². The van der Waals surface area contributed by atoms with Gasteiger partial charge in [0.1, 0.15) is 12.4 Å². The summed E-state index contributed by atoms with van der Waals surface area (Å²) in [6, 6.07) is 27.8. The smallest absolute Gasteiger partial charge is 0.492 e. The maximum absolute atomic E-state index is 6.28. The van der Waals surface area contributed by atoms with Gasteiger partial charge in [-0.15, -0.1) is 0 Å². The zero-order valence-electron chi connectivity index (χ0n) is 23.4. The normalized spacial score (nSPS) is 17.1. The van der Waals surface area contributed by atoms with E-state index in [-0.39, 0.29) is 18.3 Å². The number of hydrogen-bond acceptors (Lipinski definition) is 4. The highest BCUT2D eigenvalue weighted by molar-refractivity contribution is 6.62. The monoisotopic (exact) mass is 497 g/mol. The molecule has 4 rings (SSSR count). The first-order valence-electron chi connectivity index (χ1n) is 13.2. The zero-order chi connectivity index (χ0) is 26.6. The Bertz CT molecular complexity index is 1180. The lowest BCUT2D eigenvalue weighted by atomic mass is 9.78. The van der Waals surface area contributed by atoms with Gasteiger partial charge in [0.25, 0.3) is 0 Å². The molecule has 0 amide bonds. The minimum Gasteiger partial charge on any atom is -0.492 e. The first-order valence-corrected chi connectivity index (χ1v) is 13.2. The molecular formula is C32H40BNO3. The Labute approximate surface area is 223 Å². The molecule has 0 aromatic heterocycles. The number of rotatable bonds is 9. The van der Waals surface area contributed by atoms with Crippen LogP contribution in [-0.2, 0) is 9.31 Å². The third-order valence-corrected chi connectivity index (χ3v) is 7.45. The number of allylic oxidation sites excluding steroid dienone is 1. The summed E-state index contributed by atoms with van der Waals surface area (Å²) in [5.41, 5.74) is 6.43. The van der Waals surface area contributed by atoms with Crippen LogP contribution in [0, 0.1) is 0 Å². The lowest BCUT2D eigenvalue weighted by Gasteiger charge is -2.32. The zero-order valence-corrected chi connectivity index (χ0v) is 23.4. The van der Waals surface area contributed by atoms with Gasteiger partial charge in [-0.05, 0) is 93.6 Å². The van der Waals surface area contributed by atoms with Crippen LogP contribution >= 0.6 is 0 Å². The number of benzene rings is 3. The van der Waals surface area contributed by atoms with Gasteiger partial charge < -0.3 is 18.9 Å². The van der Waals surface area contributed by atoms with Gasteiger partial charge in [0.2, 0.25) is 0 Å². The third-order valence-electron chi connectivity index (χ3n) is 7.45. The average molecular weight is 497 g/mol. The van der Waals surface area contributed by atoms with E-state index in [1.807, 2.05) is 0 Å². The van der Waals surface area contributed by atoms with Gasteiger partial charge in [-0.3, -0.25) is 0 Å². The van der Waals surface area contributed by atoms with Crippen molar-refractivity contribution in [1.82, 2.24) is 4.90 Å².